The average Bonchev–Trinajstić information content (AvgIpc) is 2.49. The van der Waals surface area contributed by atoms with E-state index < -0.39 is 0 Å². The van der Waals surface area contributed by atoms with Crippen molar-refractivity contribution in [2.75, 3.05) is 33.2 Å². The molecule has 0 aromatic carbocycles. The molecule has 0 radical (unpaired) electrons. The van der Waals surface area contributed by atoms with E-state index in [1.165, 1.54) is 51.6 Å². The molecule has 23 heavy (non-hydrogen) atoms. The van der Waals surface area contributed by atoms with Crippen LogP contribution in [-0.2, 0) is 0 Å². The van der Waals surface area contributed by atoms with Crippen molar-refractivity contribution in [3.63, 3.8) is 0 Å². The number of hydrogen-bond donors (Lipinski definition) is 2. The maximum absolute atomic E-state index is 4.40. The van der Waals surface area contributed by atoms with E-state index in [0.717, 1.165) is 25.0 Å². The second-order valence-electron chi connectivity index (χ2n) is 7.61. The first-order valence-corrected chi connectivity index (χ1v) is 9.27. The number of piperidine rings is 1. The van der Waals surface area contributed by atoms with E-state index >= 15 is 0 Å². The summed E-state index contributed by atoms with van der Waals surface area (Å²) in [5, 5.41) is 7.12. The van der Waals surface area contributed by atoms with E-state index in [2.05, 4.69) is 41.3 Å². The van der Waals surface area contributed by atoms with Gasteiger partial charge >= 0.3 is 0 Å². The van der Waals surface area contributed by atoms with Crippen LogP contribution in [0.5, 0.6) is 0 Å². The molecule has 2 aliphatic rings. The van der Waals surface area contributed by atoms with Crippen molar-refractivity contribution >= 4 is 29.9 Å². The highest BCUT2D eigenvalue weighted by molar-refractivity contribution is 14.0. The van der Waals surface area contributed by atoms with Gasteiger partial charge < -0.3 is 15.5 Å². The van der Waals surface area contributed by atoms with Gasteiger partial charge in [0.25, 0.3) is 0 Å². The quantitative estimate of drug-likeness (QED) is 0.381. The normalized spacial score (nSPS) is 24.7. The predicted octanol–water partition coefficient (Wildman–Crippen LogP) is 3.47. The molecule has 1 unspecified atom stereocenters. The summed E-state index contributed by atoms with van der Waals surface area (Å²) in [5.74, 6) is 1.74. The molecule has 1 aliphatic carbocycles. The number of halogens is 1. The van der Waals surface area contributed by atoms with Crippen LogP contribution in [0, 0.1) is 11.3 Å². The third kappa shape index (κ3) is 6.07. The van der Waals surface area contributed by atoms with Crippen LogP contribution in [0.1, 0.15) is 59.3 Å². The zero-order valence-corrected chi connectivity index (χ0v) is 17.9. The van der Waals surface area contributed by atoms with E-state index in [4.69, 9.17) is 0 Å². The summed E-state index contributed by atoms with van der Waals surface area (Å²) < 4.78 is 0. The molecule has 1 saturated heterocycles. The van der Waals surface area contributed by atoms with Crippen molar-refractivity contribution in [1.29, 1.82) is 0 Å². The molecule has 0 amide bonds. The zero-order chi connectivity index (χ0) is 16.0. The number of nitrogens with one attached hydrogen (secondary N) is 2. The number of likely N-dealkylation sites (tertiary alicyclic amines) is 1. The van der Waals surface area contributed by atoms with Gasteiger partial charge in [-0.25, -0.2) is 0 Å². The number of aliphatic imine (C=N–C) groups is 1. The Balaban J connectivity index is 0.00000264. The first kappa shape index (κ1) is 21.0. The topological polar surface area (TPSA) is 39.7 Å². The molecule has 2 N–H and O–H groups in total. The van der Waals surface area contributed by atoms with E-state index in [-0.39, 0.29) is 24.0 Å². The van der Waals surface area contributed by atoms with Crippen molar-refractivity contribution in [1.82, 2.24) is 15.5 Å². The minimum Gasteiger partial charge on any atom is -0.356 e. The SMILES string of the molecule is CCC1(CNC(=NC)NCC2CCCN(C(C)C)C2)CCC1.I. The smallest absolute Gasteiger partial charge is 0.191 e. The summed E-state index contributed by atoms with van der Waals surface area (Å²) in [6.07, 6.45) is 8.10. The summed E-state index contributed by atoms with van der Waals surface area (Å²) in [4.78, 5) is 7.01. The Morgan fingerprint density at radius 1 is 1.26 bits per heavy atom. The van der Waals surface area contributed by atoms with Crippen molar-refractivity contribution in [2.24, 2.45) is 16.3 Å². The van der Waals surface area contributed by atoms with Crippen molar-refractivity contribution in [2.45, 2.75) is 65.3 Å². The third-order valence-corrected chi connectivity index (χ3v) is 5.86. The number of nitrogens with zero attached hydrogens (tertiary/aromatic N) is 2. The Labute approximate surface area is 160 Å². The summed E-state index contributed by atoms with van der Waals surface area (Å²) in [6.45, 7) is 11.5. The molecule has 4 nitrogen and oxygen atoms in total. The Hall–Kier alpha value is -0.0400. The monoisotopic (exact) mass is 436 g/mol. The van der Waals surface area contributed by atoms with E-state index in [1.54, 1.807) is 0 Å². The lowest BCUT2D eigenvalue weighted by Crippen LogP contribution is -2.49. The minimum absolute atomic E-state index is 0. The van der Waals surface area contributed by atoms with Crippen LogP contribution in [-0.4, -0.2) is 50.1 Å². The lowest BCUT2D eigenvalue weighted by molar-refractivity contribution is 0.130. The summed E-state index contributed by atoms with van der Waals surface area (Å²) in [7, 11) is 1.88. The Morgan fingerprint density at radius 3 is 2.52 bits per heavy atom. The maximum atomic E-state index is 4.40. The Bertz CT molecular complexity index is 361. The van der Waals surface area contributed by atoms with E-state index in [9.17, 15) is 0 Å². The molecule has 2 fully saturated rings. The molecule has 0 bridgehead atoms. The van der Waals surface area contributed by atoms with Crippen molar-refractivity contribution in [3.8, 4) is 0 Å². The van der Waals surface area contributed by atoms with Crippen LogP contribution < -0.4 is 10.6 Å². The molecular formula is C18H37IN4. The largest absolute Gasteiger partial charge is 0.356 e. The van der Waals surface area contributed by atoms with Gasteiger partial charge in [0.15, 0.2) is 5.96 Å². The minimum atomic E-state index is 0. The van der Waals surface area contributed by atoms with Crippen LogP contribution in [0.4, 0.5) is 0 Å². The number of hydrogen-bond acceptors (Lipinski definition) is 2. The first-order chi connectivity index (χ1) is 10.6. The Morgan fingerprint density at radius 2 is 2.00 bits per heavy atom. The van der Waals surface area contributed by atoms with E-state index in [1.807, 2.05) is 7.05 Å². The summed E-state index contributed by atoms with van der Waals surface area (Å²) in [6, 6.07) is 0.670. The molecule has 1 saturated carbocycles. The van der Waals surface area contributed by atoms with Crippen molar-refractivity contribution in [3.05, 3.63) is 0 Å². The fraction of sp³-hybridized carbons (Fsp3) is 0.944. The highest BCUT2D eigenvalue weighted by Crippen LogP contribution is 2.42. The van der Waals surface area contributed by atoms with Crippen molar-refractivity contribution < 1.29 is 0 Å². The number of rotatable bonds is 6. The lowest BCUT2D eigenvalue weighted by atomic mass is 9.67. The highest BCUT2D eigenvalue weighted by atomic mass is 127. The molecule has 1 atom stereocenters. The highest BCUT2D eigenvalue weighted by Gasteiger charge is 2.34. The molecule has 5 heteroatoms. The van der Waals surface area contributed by atoms with Gasteiger partial charge in [0, 0.05) is 32.7 Å². The van der Waals surface area contributed by atoms with Gasteiger partial charge in [0.2, 0.25) is 0 Å². The second kappa shape index (κ2) is 10.1. The molecule has 2 rings (SSSR count). The third-order valence-electron chi connectivity index (χ3n) is 5.86. The van der Waals surface area contributed by atoms with Gasteiger partial charge in [-0.2, -0.15) is 0 Å². The van der Waals surface area contributed by atoms with Gasteiger partial charge in [0.1, 0.15) is 0 Å². The molecular weight excluding hydrogens is 399 g/mol. The first-order valence-electron chi connectivity index (χ1n) is 9.27. The number of guanidine groups is 1. The van der Waals surface area contributed by atoms with Crippen LogP contribution in [0.3, 0.4) is 0 Å². The van der Waals surface area contributed by atoms with Gasteiger partial charge in [-0.3, -0.25) is 4.99 Å². The van der Waals surface area contributed by atoms with Crippen LogP contribution in [0.25, 0.3) is 0 Å². The molecule has 1 heterocycles. The summed E-state index contributed by atoms with van der Waals surface area (Å²) >= 11 is 0. The predicted molar refractivity (Wildman–Crippen MR) is 111 cm³/mol. The van der Waals surface area contributed by atoms with Gasteiger partial charge in [0.05, 0.1) is 0 Å². The van der Waals surface area contributed by atoms with Gasteiger partial charge in [-0.15, -0.1) is 24.0 Å². The maximum Gasteiger partial charge on any atom is 0.191 e. The molecule has 136 valence electrons. The zero-order valence-electron chi connectivity index (χ0n) is 15.5. The summed E-state index contributed by atoms with van der Waals surface area (Å²) in [5.41, 5.74) is 0.539. The average molecular weight is 436 g/mol. The fourth-order valence-corrected chi connectivity index (χ4v) is 3.80. The molecule has 0 spiro atoms. The molecule has 0 aromatic rings. The molecule has 1 aliphatic heterocycles. The van der Waals surface area contributed by atoms with Crippen LogP contribution in [0.2, 0.25) is 0 Å². The van der Waals surface area contributed by atoms with Gasteiger partial charge in [-0.05, 0) is 63.8 Å². The van der Waals surface area contributed by atoms with E-state index in [0.29, 0.717) is 11.5 Å². The lowest BCUT2D eigenvalue weighted by Gasteiger charge is -2.41. The Kier molecular flexibility index (Phi) is 9.19. The molecule has 0 aromatic heterocycles. The fourth-order valence-electron chi connectivity index (χ4n) is 3.80. The van der Waals surface area contributed by atoms with Crippen LogP contribution in [0.15, 0.2) is 4.99 Å². The van der Waals surface area contributed by atoms with Crippen LogP contribution >= 0.6 is 24.0 Å². The second-order valence-corrected chi connectivity index (χ2v) is 7.61. The van der Waals surface area contributed by atoms with Gasteiger partial charge in [-0.1, -0.05) is 13.3 Å². The standard InChI is InChI=1S/C18H36N4.HI/c1-5-18(9-7-10-18)14-21-17(19-4)20-12-16-8-6-11-22(13-16)15(2)3;/h15-16H,5-14H2,1-4H3,(H2,19,20,21);1H.